The van der Waals surface area contributed by atoms with Crippen LogP contribution in [0.25, 0.3) is 0 Å². The molecule has 1 heterocycles. The molecule has 98 valence electrons. The van der Waals surface area contributed by atoms with Gasteiger partial charge in [0, 0.05) is 19.0 Å². The topological polar surface area (TPSA) is 38.3 Å². The zero-order valence-electron chi connectivity index (χ0n) is 10.7. The molecule has 0 radical (unpaired) electrons. The van der Waals surface area contributed by atoms with E-state index < -0.39 is 0 Å². The lowest BCUT2D eigenvalue weighted by molar-refractivity contribution is -0.147. The molecule has 2 rings (SSSR count). The summed E-state index contributed by atoms with van der Waals surface area (Å²) in [6.45, 7) is 5.16. The van der Waals surface area contributed by atoms with Crippen molar-refractivity contribution in [1.82, 2.24) is 5.32 Å². The van der Waals surface area contributed by atoms with E-state index in [0.717, 1.165) is 5.56 Å². The SMILES string of the molecule is CCOC(=O)C1CNCC1c1ccc(C)cc1F. The van der Waals surface area contributed by atoms with E-state index in [1.807, 2.05) is 13.0 Å². The summed E-state index contributed by atoms with van der Waals surface area (Å²) in [7, 11) is 0. The normalized spacial score (nSPS) is 23.1. The maximum atomic E-state index is 13.9. The van der Waals surface area contributed by atoms with Crippen molar-refractivity contribution in [3.8, 4) is 0 Å². The summed E-state index contributed by atoms with van der Waals surface area (Å²) in [6, 6.07) is 5.16. The summed E-state index contributed by atoms with van der Waals surface area (Å²) >= 11 is 0. The number of rotatable bonds is 3. The Hall–Kier alpha value is -1.42. The van der Waals surface area contributed by atoms with Gasteiger partial charge in [0.1, 0.15) is 5.82 Å². The van der Waals surface area contributed by atoms with Gasteiger partial charge in [-0.15, -0.1) is 0 Å². The Morgan fingerprint density at radius 3 is 2.94 bits per heavy atom. The molecule has 1 aliphatic rings. The number of carbonyl (C=O) groups is 1. The highest BCUT2D eigenvalue weighted by molar-refractivity contribution is 5.74. The second-order valence-electron chi connectivity index (χ2n) is 4.65. The summed E-state index contributed by atoms with van der Waals surface area (Å²) in [4.78, 5) is 11.8. The van der Waals surface area contributed by atoms with Crippen molar-refractivity contribution >= 4 is 5.97 Å². The summed E-state index contributed by atoms with van der Waals surface area (Å²) in [5.74, 6) is -0.905. The highest BCUT2D eigenvalue weighted by Crippen LogP contribution is 2.31. The van der Waals surface area contributed by atoms with Crippen molar-refractivity contribution in [2.75, 3.05) is 19.7 Å². The standard InChI is InChI=1S/C14H18FNO2/c1-3-18-14(17)12-8-16-7-11(12)10-5-4-9(2)6-13(10)15/h4-6,11-12,16H,3,7-8H2,1-2H3. The first kappa shape index (κ1) is 13.0. The Balaban J connectivity index is 2.23. The minimum atomic E-state index is -0.290. The molecule has 0 aromatic heterocycles. The van der Waals surface area contributed by atoms with Crippen molar-refractivity contribution in [3.05, 3.63) is 35.1 Å². The van der Waals surface area contributed by atoms with E-state index in [-0.39, 0.29) is 23.6 Å². The second kappa shape index (κ2) is 5.48. The fraction of sp³-hybridized carbons (Fsp3) is 0.500. The molecular weight excluding hydrogens is 233 g/mol. The summed E-state index contributed by atoms with van der Waals surface area (Å²) in [6.07, 6.45) is 0. The van der Waals surface area contributed by atoms with Crippen LogP contribution >= 0.6 is 0 Å². The number of halogens is 1. The maximum absolute atomic E-state index is 13.9. The van der Waals surface area contributed by atoms with Crippen LogP contribution in [0.3, 0.4) is 0 Å². The Morgan fingerprint density at radius 1 is 1.50 bits per heavy atom. The van der Waals surface area contributed by atoms with Crippen LogP contribution in [0.15, 0.2) is 18.2 Å². The zero-order chi connectivity index (χ0) is 13.1. The molecule has 1 aromatic rings. The Labute approximate surface area is 106 Å². The van der Waals surface area contributed by atoms with Crippen molar-refractivity contribution in [1.29, 1.82) is 0 Å². The monoisotopic (exact) mass is 251 g/mol. The van der Waals surface area contributed by atoms with E-state index in [2.05, 4.69) is 5.32 Å². The molecule has 0 spiro atoms. The summed E-state index contributed by atoms with van der Waals surface area (Å²) < 4.78 is 19.0. The van der Waals surface area contributed by atoms with E-state index in [1.165, 1.54) is 6.07 Å². The fourth-order valence-electron chi connectivity index (χ4n) is 2.44. The van der Waals surface area contributed by atoms with Gasteiger partial charge in [-0.2, -0.15) is 0 Å². The molecule has 2 atom stereocenters. The van der Waals surface area contributed by atoms with E-state index in [9.17, 15) is 9.18 Å². The third-order valence-corrected chi connectivity index (χ3v) is 3.36. The number of aryl methyl sites for hydroxylation is 1. The molecule has 2 unspecified atom stereocenters. The van der Waals surface area contributed by atoms with Crippen LogP contribution in [0, 0.1) is 18.7 Å². The Bertz CT molecular complexity index is 447. The van der Waals surface area contributed by atoms with E-state index in [1.54, 1.807) is 13.0 Å². The maximum Gasteiger partial charge on any atom is 0.310 e. The Morgan fingerprint density at radius 2 is 2.28 bits per heavy atom. The predicted molar refractivity (Wildman–Crippen MR) is 66.9 cm³/mol. The van der Waals surface area contributed by atoms with Crippen LogP contribution < -0.4 is 5.32 Å². The average molecular weight is 251 g/mol. The highest BCUT2D eigenvalue weighted by Gasteiger charge is 2.36. The average Bonchev–Trinajstić information content (AvgIpc) is 2.78. The first-order valence-corrected chi connectivity index (χ1v) is 6.27. The van der Waals surface area contributed by atoms with Gasteiger partial charge in [-0.1, -0.05) is 12.1 Å². The summed E-state index contributed by atoms with van der Waals surface area (Å²) in [5, 5.41) is 3.13. The molecule has 0 aliphatic carbocycles. The van der Waals surface area contributed by atoms with Crippen molar-refractivity contribution in [2.45, 2.75) is 19.8 Å². The highest BCUT2D eigenvalue weighted by atomic mass is 19.1. The van der Waals surface area contributed by atoms with Crippen LogP contribution in [0.2, 0.25) is 0 Å². The second-order valence-corrected chi connectivity index (χ2v) is 4.65. The molecule has 0 bridgehead atoms. The number of ether oxygens (including phenoxy) is 1. The molecule has 1 fully saturated rings. The lowest BCUT2D eigenvalue weighted by atomic mass is 9.88. The molecule has 0 saturated carbocycles. The third-order valence-electron chi connectivity index (χ3n) is 3.36. The smallest absolute Gasteiger partial charge is 0.310 e. The van der Waals surface area contributed by atoms with Gasteiger partial charge >= 0.3 is 5.97 Å². The fourth-order valence-corrected chi connectivity index (χ4v) is 2.44. The van der Waals surface area contributed by atoms with Crippen LogP contribution in [0.4, 0.5) is 4.39 Å². The lowest BCUT2D eigenvalue weighted by Gasteiger charge is -2.18. The molecule has 4 heteroatoms. The number of benzene rings is 1. The largest absolute Gasteiger partial charge is 0.466 e. The number of hydrogen-bond donors (Lipinski definition) is 1. The quantitative estimate of drug-likeness (QED) is 0.835. The van der Waals surface area contributed by atoms with E-state index >= 15 is 0 Å². The van der Waals surface area contributed by atoms with Crippen molar-refractivity contribution in [3.63, 3.8) is 0 Å². The molecular formula is C14H18FNO2. The van der Waals surface area contributed by atoms with Gasteiger partial charge in [-0.05, 0) is 31.0 Å². The van der Waals surface area contributed by atoms with Crippen LogP contribution in [-0.2, 0) is 9.53 Å². The number of carbonyl (C=O) groups excluding carboxylic acids is 1. The van der Waals surface area contributed by atoms with E-state index in [4.69, 9.17) is 4.74 Å². The third kappa shape index (κ3) is 2.53. The van der Waals surface area contributed by atoms with Gasteiger partial charge < -0.3 is 10.1 Å². The lowest BCUT2D eigenvalue weighted by Crippen LogP contribution is -2.24. The molecule has 1 aliphatic heterocycles. The summed E-state index contributed by atoms with van der Waals surface area (Å²) in [5.41, 5.74) is 1.48. The minimum Gasteiger partial charge on any atom is -0.466 e. The van der Waals surface area contributed by atoms with Gasteiger partial charge in [0.25, 0.3) is 0 Å². The van der Waals surface area contributed by atoms with Gasteiger partial charge in [0.2, 0.25) is 0 Å². The van der Waals surface area contributed by atoms with Crippen LogP contribution in [-0.4, -0.2) is 25.7 Å². The predicted octanol–water partition coefficient (Wildman–Crippen LogP) is 2.00. The first-order valence-electron chi connectivity index (χ1n) is 6.27. The van der Waals surface area contributed by atoms with E-state index in [0.29, 0.717) is 25.3 Å². The van der Waals surface area contributed by atoms with Crippen molar-refractivity contribution < 1.29 is 13.9 Å². The minimum absolute atomic E-state index is 0.135. The van der Waals surface area contributed by atoms with Crippen LogP contribution in [0.1, 0.15) is 24.0 Å². The molecule has 18 heavy (non-hydrogen) atoms. The number of hydrogen-bond acceptors (Lipinski definition) is 3. The zero-order valence-corrected chi connectivity index (χ0v) is 10.7. The van der Waals surface area contributed by atoms with Gasteiger partial charge in [0.05, 0.1) is 12.5 Å². The number of esters is 1. The molecule has 1 N–H and O–H groups in total. The number of nitrogens with one attached hydrogen (secondary N) is 1. The molecule has 0 amide bonds. The molecule has 1 aromatic carbocycles. The Kier molecular flexibility index (Phi) is 3.97. The van der Waals surface area contributed by atoms with Crippen LogP contribution in [0.5, 0.6) is 0 Å². The van der Waals surface area contributed by atoms with Gasteiger partial charge in [-0.3, -0.25) is 4.79 Å². The van der Waals surface area contributed by atoms with Gasteiger partial charge in [0.15, 0.2) is 0 Å². The first-order chi connectivity index (χ1) is 8.63. The van der Waals surface area contributed by atoms with Crippen molar-refractivity contribution in [2.24, 2.45) is 5.92 Å². The molecule has 1 saturated heterocycles. The molecule has 3 nitrogen and oxygen atoms in total. The van der Waals surface area contributed by atoms with Gasteiger partial charge in [-0.25, -0.2) is 4.39 Å².